The van der Waals surface area contributed by atoms with Gasteiger partial charge >= 0.3 is 0 Å². The van der Waals surface area contributed by atoms with E-state index in [0.717, 1.165) is 18.2 Å². The van der Waals surface area contributed by atoms with Crippen LogP contribution in [0.1, 0.15) is 36.4 Å². The molecular formula is C13H18N4OS. The zero-order chi connectivity index (χ0) is 14.0. The van der Waals surface area contributed by atoms with E-state index in [1.54, 1.807) is 17.2 Å². The number of amides is 1. The molecule has 2 aromatic heterocycles. The van der Waals surface area contributed by atoms with Crippen LogP contribution < -0.4 is 5.73 Å². The molecule has 0 saturated carbocycles. The Bertz CT molecular complexity index is 595. The monoisotopic (exact) mass is 278 g/mol. The van der Waals surface area contributed by atoms with Gasteiger partial charge < -0.3 is 10.6 Å². The highest BCUT2D eigenvalue weighted by Crippen LogP contribution is 2.32. The SMILES string of the molecule is CCCC(C)N(C)C(=O)c1sc2nnccc2c1N. The zero-order valence-electron chi connectivity index (χ0n) is 11.4. The highest BCUT2D eigenvalue weighted by molar-refractivity contribution is 7.21. The number of nitrogen functional groups attached to an aromatic ring is 1. The van der Waals surface area contributed by atoms with Crippen molar-refractivity contribution >= 4 is 33.1 Å². The number of fused-ring (bicyclic) bond motifs is 1. The van der Waals surface area contributed by atoms with E-state index < -0.39 is 0 Å². The largest absolute Gasteiger partial charge is 0.397 e. The van der Waals surface area contributed by atoms with Crippen LogP contribution in [0.2, 0.25) is 0 Å². The Kier molecular flexibility index (Phi) is 3.99. The normalized spacial score (nSPS) is 12.6. The van der Waals surface area contributed by atoms with Crippen LogP contribution in [0.3, 0.4) is 0 Å². The smallest absolute Gasteiger partial charge is 0.266 e. The number of anilines is 1. The Labute approximate surface area is 116 Å². The van der Waals surface area contributed by atoms with Gasteiger partial charge in [-0.2, -0.15) is 5.10 Å². The second-order valence-corrected chi connectivity index (χ2v) is 5.65. The number of nitrogens with zero attached hydrogens (tertiary/aromatic N) is 3. The first-order chi connectivity index (χ1) is 9.06. The van der Waals surface area contributed by atoms with E-state index in [1.165, 1.54) is 11.3 Å². The first-order valence-electron chi connectivity index (χ1n) is 6.33. The molecule has 0 aromatic carbocycles. The molecule has 0 radical (unpaired) electrons. The number of rotatable bonds is 4. The van der Waals surface area contributed by atoms with Crippen LogP contribution in [-0.2, 0) is 0 Å². The highest BCUT2D eigenvalue weighted by Gasteiger charge is 2.23. The number of carbonyl (C=O) groups excluding carboxylic acids is 1. The minimum atomic E-state index is -0.0403. The Hall–Kier alpha value is -1.69. The maximum absolute atomic E-state index is 12.5. The molecule has 1 unspecified atom stereocenters. The summed E-state index contributed by atoms with van der Waals surface area (Å²) in [5, 5.41) is 8.62. The van der Waals surface area contributed by atoms with Crippen LogP contribution in [0.4, 0.5) is 5.69 Å². The molecule has 1 atom stereocenters. The summed E-state index contributed by atoms with van der Waals surface area (Å²) in [6, 6.07) is 1.99. The molecule has 1 amide bonds. The molecule has 5 nitrogen and oxygen atoms in total. The Morgan fingerprint density at radius 3 is 2.95 bits per heavy atom. The van der Waals surface area contributed by atoms with Gasteiger partial charge in [-0.3, -0.25) is 4.79 Å². The molecule has 102 valence electrons. The number of nitrogens with two attached hydrogens (primary N) is 1. The number of aromatic nitrogens is 2. The van der Waals surface area contributed by atoms with Crippen LogP contribution in [0, 0.1) is 0 Å². The number of hydrogen-bond donors (Lipinski definition) is 1. The van der Waals surface area contributed by atoms with Gasteiger partial charge in [-0.05, 0) is 19.4 Å². The van der Waals surface area contributed by atoms with Crippen molar-refractivity contribution in [3.8, 4) is 0 Å². The summed E-state index contributed by atoms with van der Waals surface area (Å²) in [6.45, 7) is 4.16. The van der Waals surface area contributed by atoms with Crippen molar-refractivity contribution in [3.05, 3.63) is 17.1 Å². The summed E-state index contributed by atoms with van der Waals surface area (Å²) in [4.78, 5) is 15.5. The summed E-state index contributed by atoms with van der Waals surface area (Å²) >= 11 is 1.31. The van der Waals surface area contributed by atoms with E-state index in [0.29, 0.717) is 15.4 Å². The van der Waals surface area contributed by atoms with Crippen molar-refractivity contribution in [2.75, 3.05) is 12.8 Å². The lowest BCUT2D eigenvalue weighted by atomic mass is 10.1. The second-order valence-electron chi connectivity index (χ2n) is 4.65. The molecule has 0 aliphatic rings. The molecule has 0 spiro atoms. The van der Waals surface area contributed by atoms with Crippen molar-refractivity contribution in [1.29, 1.82) is 0 Å². The number of thiophene rings is 1. The van der Waals surface area contributed by atoms with Gasteiger partial charge in [-0.1, -0.05) is 13.3 Å². The minimum Gasteiger partial charge on any atom is -0.397 e. The van der Waals surface area contributed by atoms with Crippen LogP contribution in [-0.4, -0.2) is 34.1 Å². The van der Waals surface area contributed by atoms with Crippen molar-refractivity contribution in [1.82, 2.24) is 15.1 Å². The predicted molar refractivity (Wildman–Crippen MR) is 78.3 cm³/mol. The Balaban J connectivity index is 2.33. The van der Waals surface area contributed by atoms with E-state index >= 15 is 0 Å². The molecule has 0 bridgehead atoms. The van der Waals surface area contributed by atoms with Gasteiger partial charge in [-0.15, -0.1) is 16.4 Å². The first kappa shape index (κ1) is 13.7. The molecule has 0 fully saturated rings. The zero-order valence-corrected chi connectivity index (χ0v) is 12.2. The molecule has 2 rings (SSSR count). The fourth-order valence-electron chi connectivity index (χ4n) is 2.00. The molecule has 0 aliphatic carbocycles. The van der Waals surface area contributed by atoms with Crippen LogP contribution in [0.15, 0.2) is 12.3 Å². The fourth-order valence-corrected chi connectivity index (χ4v) is 3.02. The van der Waals surface area contributed by atoms with Gasteiger partial charge in [0.25, 0.3) is 5.91 Å². The van der Waals surface area contributed by atoms with Gasteiger partial charge in [-0.25, -0.2) is 0 Å². The van der Waals surface area contributed by atoms with Gasteiger partial charge in [0.15, 0.2) is 0 Å². The van der Waals surface area contributed by atoms with E-state index in [-0.39, 0.29) is 11.9 Å². The Morgan fingerprint density at radius 1 is 1.58 bits per heavy atom. The summed E-state index contributed by atoms with van der Waals surface area (Å²) in [6.07, 6.45) is 3.61. The van der Waals surface area contributed by atoms with Crippen molar-refractivity contribution in [3.63, 3.8) is 0 Å². The third-order valence-corrected chi connectivity index (χ3v) is 4.40. The van der Waals surface area contributed by atoms with Crippen LogP contribution >= 0.6 is 11.3 Å². The van der Waals surface area contributed by atoms with Gasteiger partial charge in [0, 0.05) is 18.5 Å². The molecular weight excluding hydrogens is 260 g/mol. The van der Waals surface area contributed by atoms with E-state index in [2.05, 4.69) is 17.1 Å². The Morgan fingerprint density at radius 2 is 2.32 bits per heavy atom. The van der Waals surface area contributed by atoms with Crippen molar-refractivity contribution in [2.24, 2.45) is 0 Å². The standard InChI is InChI=1S/C13H18N4OS/c1-4-5-8(2)17(3)13(18)11-10(14)9-6-7-15-16-12(9)19-11/h6-8H,4-5,14H2,1-3H3. The fraction of sp³-hybridized carbons (Fsp3) is 0.462. The molecule has 0 aliphatic heterocycles. The van der Waals surface area contributed by atoms with Gasteiger partial charge in [0.1, 0.15) is 9.71 Å². The molecule has 2 N–H and O–H groups in total. The summed E-state index contributed by atoms with van der Waals surface area (Å²) < 4.78 is 0. The molecule has 2 aromatic rings. The molecule has 19 heavy (non-hydrogen) atoms. The third-order valence-electron chi connectivity index (χ3n) is 3.30. The highest BCUT2D eigenvalue weighted by atomic mass is 32.1. The third kappa shape index (κ3) is 2.53. The summed E-state index contributed by atoms with van der Waals surface area (Å²) in [5.41, 5.74) is 6.56. The van der Waals surface area contributed by atoms with Gasteiger partial charge in [0.05, 0.1) is 11.9 Å². The van der Waals surface area contributed by atoms with E-state index in [9.17, 15) is 4.79 Å². The predicted octanol–water partition coefficient (Wildman–Crippen LogP) is 2.53. The summed E-state index contributed by atoms with van der Waals surface area (Å²) in [5.74, 6) is -0.0403. The quantitative estimate of drug-likeness (QED) is 0.932. The topological polar surface area (TPSA) is 72.1 Å². The minimum absolute atomic E-state index is 0.0403. The lowest BCUT2D eigenvalue weighted by Crippen LogP contribution is -2.34. The maximum atomic E-state index is 12.5. The van der Waals surface area contributed by atoms with Crippen molar-refractivity contribution < 1.29 is 4.79 Å². The number of hydrogen-bond acceptors (Lipinski definition) is 5. The van der Waals surface area contributed by atoms with Crippen molar-refractivity contribution in [2.45, 2.75) is 32.7 Å². The first-order valence-corrected chi connectivity index (χ1v) is 7.14. The molecule has 6 heteroatoms. The van der Waals surface area contributed by atoms with E-state index in [4.69, 9.17) is 5.73 Å². The lowest BCUT2D eigenvalue weighted by molar-refractivity contribution is 0.0742. The molecule has 0 saturated heterocycles. The second kappa shape index (κ2) is 5.52. The van der Waals surface area contributed by atoms with Crippen LogP contribution in [0.25, 0.3) is 10.2 Å². The van der Waals surface area contributed by atoms with Crippen LogP contribution in [0.5, 0.6) is 0 Å². The maximum Gasteiger partial charge on any atom is 0.266 e. The van der Waals surface area contributed by atoms with E-state index in [1.807, 2.05) is 14.0 Å². The van der Waals surface area contributed by atoms with Gasteiger partial charge in [0.2, 0.25) is 0 Å². The summed E-state index contributed by atoms with van der Waals surface area (Å²) in [7, 11) is 1.82. The average Bonchev–Trinajstić information content (AvgIpc) is 2.75. The molecule has 2 heterocycles. The number of carbonyl (C=O) groups is 1. The lowest BCUT2D eigenvalue weighted by Gasteiger charge is -2.24. The average molecular weight is 278 g/mol.